The Labute approximate surface area is 137 Å². The Morgan fingerprint density at radius 1 is 1.23 bits per heavy atom. The number of carbonyl (C=O) groups excluding carboxylic acids is 1. The van der Waals surface area contributed by atoms with Gasteiger partial charge in [-0.25, -0.2) is 8.42 Å². The van der Waals surface area contributed by atoms with Gasteiger partial charge in [-0.3, -0.25) is 4.79 Å². The summed E-state index contributed by atoms with van der Waals surface area (Å²) in [7, 11) is -3.53. The summed E-state index contributed by atoms with van der Waals surface area (Å²) in [5, 5.41) is 2.80. The SMILES string of the molecule is CCN(CC)S(=O)(=O)c1cc(C)c(C)c(NC(=O)CSC)c1. The smallest absolute Gasteiger partial charge is 0.243 e. The van der Waals surface area contributed by atoms with Crippen LogP contribution in [-0.2, 0) is 14.8 Å². The second kappa shape index (κ2) is 7.99. The van der Waals surface area contributed by atoms with Crippen molar-refractivity contribution in [1.82, 2.24) is 4.31 Å². The summed E-state index contributed by atoms with van der Waals surface area (Å²) < 4.78 is 26.7. The Morgan fingerprint density at radius 2 is 1.82 bits per heavy atom. The molecule has 124 valence electrons. The predicted molar refractivity (Wildman–Crippen MR) is 93.0 cm³/mol. The quantitative estimate of drug-likeness (QED) is 0.826. The predicted octanol–water partition coefficient (Wildman–Crippen LogP) is 2.64. The molecule has 1 aromatic carbocycles. The van der Waals surface area contributed by atoms with Crippen molar-refractivity contribution in [2.75, 3.05) is 30.4 Å². The van der Waals surface area contributed by atoms with Crippen molar-refractivity contribution in [2.45, 2.75) is 32.6 Å². The molecule has 0 aliphatic rings. The van der Waals surface area contributed by atoms with Gasteiger partial charge in [0, 0.05) is 18.8 Å². The molecule has 0 saturated heterocycles. The molecule has 5 nitrogen and oxygen atoms in total. The minimum absolute atomic E-state index is 0.132. The Bertz CT molecular complexity index is 638. The van der Waals surface area contributed by atoms with Crippen molar-refractivity contribution in [3.05, 3.63) is 23.3 Å². The van der Waals surface area contributed by atoms with E-state index in [1.54, 1.807) is 12.1 Å². The third-order valence-corrected chi connectivity index (χ3v) is 6.11. The van der Waals surface area contributed by atoms with Gasteiger partial charge in [-0.1, -0.05) is 13.8 Å². The number of benzene rings is 1. The number of nitrogens with zero attached hydrogens (tertiary/aromatic N) is 1. The number of rotatable bonds is 7. The van der Waals surface area contributed by atoms with Gasteiger partial charge < -0.3 is 5.32 Å². The Kier molecular flexibility index (Phi) is 6.90. The van der Waals surface area contributed by atoms with Gasteiger partial charge >= 0.3 is 0 Å². The highest BCUT2D eigenvalue weighted by molar-refractivity contribution is 7.99. The van der Waals surface area contributed by atoms with Gasteiger partial charge in [-0.2, -0.15) is 16.1 Å². The Morgan fingerprint density at radius 3 is 2.32 bits per heavy atom. The van der Waals surface area contributed by atoms with E-state index in [2.05, 4.69) is 5.32 Å². The lowest BCUT2D eigenvalue weighted by Crippen LogP contribution is -2.30. The Balaban J connectivity index is 3.29. The number of carbonyl (C=O) groups is 1. The van der Waals surface area contributed by atoms with Crippen LogP contribution in [-0.4, -0.2) is 43.7 Å². The van der Waals surface area contributed by atoms with E-state index >= 15 is 0 Å². The number of hydrogen-bond donors (Lipinski definition) is 1. The van der Waals surface area contributed by atoms with Crippen molar-refractivity contribution in [1.29, 1.82) is 0 Å². The van der Waals surface area contributed by atoms with Crippen LogP contribution < -0.4 is 5.32 Å². The van der Waals surface area contributed by atoms with Gasteiger partial charge in [0.05, 0.1) is 10.6 Å². The number of thioether (sulfide) groups is 1. The van der Waals surface area contributed by atoms with Crippen LogP contribution in [0, 0.1) is 13.8 Å². The molecule has 0 aliphatic carbocycles. The van der Waals surface area contributed by atoms with Crippen molar-refractivity contribution < 1.29 is 13.2 Å². The molecule has 7 heteroatoms. The van der Waals surface area contributed by atoms with Gasteiger partial charge in [-0.15, -0.1) is 0 Å². The topological polar surface area (TPSA) is 66.5 Å². The van der Waals surface area contributed by atoms with E-state index in [0.29, 0.717) is 24.5 Å². The highest BCUT2D eigenvalue weighted by atomic mass is 32.2. The van der Waals surface area contributed by atoms with Crippen molar-refractivity contribution in [2.24, 2.45) is 0 Å². The standard InChI is InChI=1S/C15H24N2O3S2/c1-6-17(7-2)22(19,20)13-8-11(3)12(4)14(9-13)16-15(18)10-21-5/h8-9H,6-7,10H2,1-5H3,(H,16,18). The van der Waals surface area contributed by atoms with E-state index in [1.807, 2.05) is 34.0 Å². The van der Waals surface area contributed by atoms with Gasteiger partial charge in [-0.05, 0) is 43.4 Å². The molecule has 1 aromatic rings. The molecule has 1 amide bonds. The van der Waals surface area contributed by atoms with E-state index < -0.39 is 10.0 Å². The highest BCUT2D eigenvalue weighted by Gasteiger charge is 2.23. The largest absolute Gasteiger partial charge is 0.325 e. The van der Waals surface area contributed by atoms with E-state index in [4.69, 9.17) is 0 Å². The summed E-state index contributed by atoms with van der Waals surface area (Å²) in [5.41, 5.74) is 2.28. The molecule has 0 unspecified atom stereocenters. The fourth-order valence-electron chi connectivity index (χ4n) is 2.13. The van der Waals surface area contributed by atoms with Crippen LogP contribution >= 0.6 is 11.8 Å². The van der Waals surface area contributed by atoms with Gasteiger partial charge in [0.2, 0.25) is 15.9 Å². The summed E-state index contributed by atoms with van der Waals surface area (Å²) in [6, 6.07) is 3.21. The molecule has 1 rings (SSSR count). The molecule has 0 aliphatic heterocycles. The molecule has 22 heavy (non-hydrogen) atoms. The summed E-state index contributed by atoms with van der Waals surface area (Å²) in [4.78, 5) is 12.0. The number of hydrogen-bond acceptors (Lipinski definition) is 4. The molecule has 0 bridgehead atoms. The highest BCUT2D eigenvalue weighted by Crippen LogP contribution is 2.26. The number of sulfonamides is 1. The lowest BCUT2D eigenvalue weighted by molar-refractivity contribution is -0.113. The lowest BCUT2D eigenvalue weighted by atomic mass is 10.1. The number of nitrogens with one attached hydrogen (secondary N) is 1. The minimum atomic E-state index is -3.53. The molecule has 0 heterocycles. The maximum atomic E-state index is 12.6. The first-order valence-corrected chi connectivity index (χ1v) is 10.0. The normalized spacial score (nSPS) is 11.7. The molecular weight excluding hydrogens is 320 g/mol. The van der Waals surface area contributed by atoms with Gasteiger partial charge in [0.1, 0.15) is 0 Å². The molecule has 0 spiro atoms. The van der Waals surface area contributed by atoms with E-state index in [-0.39, 0.29) is 10.8 Å². The minimum Gasteiger partial charge on any atom is -0.325 e. The molecular formula is C15H24N2O3S2. The zero-order valence-corrected chi connectivity index (χ0v) is 15.4. The fraction of sp³-hybridized carbons (Fsp3) is 0.533. The van der Waals surface area contributed by atoms with Gasteiger partial charge in [0.15, 0.2) is 0 Å². The second-order valence-corrected chi connectivity index (χ2v) is 7.79. The van der Waals surface area contributed by atoms with Crippen LogP contribution in [0.5, 0.6) is 0 Å². The first-order valence-electron chi connectivity index (χ1n) is 7.18. The summed E-state index contributed by atoms with van der Waals surface area (Å²) in [6.07, 6.45) is 1.85. The van der Waals surface area contributed by atoms with Crippen LogP contribution in [0.3, 0.4) is 0 Å². The molecule has 0 fully saturated rings. The van der Waals surface area contributed by atoms with Crippen LogP contribution in [0.2, 0.25) is 0 Å². The van der Waals surface area contributed by atoms with Crippen LogP contribution in [0.4, 0.5) is 5.69 Å². The van der Waals surface area contributed by atoms with Crippen molar-refractivity contribution in [3.8, 4) is 0 Å². The van der Waals surface area contributed by atoms with Crippen molar-refractivity contribution >= 4 is 33.4 Å². The summed E-state index contributed by atoms with van der Waals surface area (Å²) in [6.45, 7) is 8.17. The average molecular weight is 345 g/mol. The van der Waals surface area contributed by atoms with Crippen LogP contribution in [0.15, 0.2) is 17.0 Å². The molecule has 1 N–H and O–H groups in total. The first-order chi connectivity index (χ1) is 10.3. The molecule has 0 atom stereocenters. The zero-order valence-electron chi connectivity index (χ0n) is 13.8. The third-order valence-electron chi connectivity index (χ3n) is 3.53. The number of anilines is 1. The molecule has 0 radical (unpaired) electrons. The molecule has 0 saturated carbocycles. The third kappa shape index (κ3) is 4.24. The van der Waals surface area contributed by atoms with Crippen LogP contribution in [0.25, 0.3) is 0 Å². The van der Waals surface area contributed by atoms with E-state index in [9.17, 15) is 13.2 Å². The summed E-state index contributed by atoms with van der Waals surface area (Å²) in [5.74, 6) is 0.207. The van der Waals surface area contributed by atoms with Gasteiger partial charge in [0.25, 0.3) is 0 Å². The number of aryl methyl sites for hydroxylation is 1. The van der Waals surface area contributed by atoms with E-state index in [1.165, 1.54) is 16.1 Å². The van der Waals surface area contributed by atoms with Crippen molar-refractivity contribution in [3.63, 3.8) is 0 Å². The number of amides is 1. The van der Waals surface area contributed by atoms with E-state index in [0.717, 1.165) is 11.1 Å². The lowest BCUT2D eigenvalue weighted by Gasteiger charge is -2.20. The fourth-order valence-corrected chi connectivity index (χ4v) is 4.04. The average Bonchev–Trinajstić information content (AvgIpc) is 2.44. The van der Waals surface area contributed by atoms with Crippen LogP contribution in [0.1, 0.15) is 25.0 Å². The molecule has 0 aromatic heterocycles. The maximum Gasteiger partial charge on any atom is 0.243 e. The first kappa shape index (κ1) is 19.0. The Hall–Kier alpha value is -1.05. The zero-order chi connectivity index (χ0) is 16.9. The summed E-state index contributed by atoms with van der Waals surface area (Å²) >= 11 is 1.42. The monoisotopic (exact) mass is 344 g/mol. The maximum absolute atomic E-state index is 12.6. The second-order valence-electron chi connectivity index (χ2n) is 4.98.